The Bertz CT molecular complexity index is 1190. The van der Waals surface area contributed by atoms with E-state index in [1.165, 1.54) is 24.6 Å². The maximum absolute atomic E-state index is 12.8. The summed E-state index contributed by atoms with van der Waals surface area (Å²) in [6.45, 7) is 7.33. The van der Waals surface area contributed by atoms with Gasteiger partial charge < -0.3 is 19.3 Å². The number of rotatable bonds is 11. The second-order valence-corrected chi connectivity index (χ2v) is 8.54. The van der Waals surface area contributed by atoms with Crippen molar-refractivity contribution < 1.29 is 37.3 Å². The van der Waals surface area contributed by atoms with E-state index in [0.717, 1.165) is 23.4 Å². The second kappa shape index (κ2) is 10.9. The first-order valence-electron chi connectivity index (χ1n) is 11.3. The summed E-state index contributed by atoms with van der Waals surface area (Å²) in [4.78, 5) is 15.2. The van der Waals surface area contributed by atoms with Gasteiger partial charge in [0.05, 0.1) is 18.8 Å². The summed E-state index contributed by atoms with van der Waals surface area (Å²) in [7, 11) is 0. The van der Waals surface area contributed by atoms with Crippen LogP contribution < -0.4 is 14.2 Å². The molecule has 0 fully saturated rings. The van der Waals surface area contributed by atoms with Crippen molar-refractivity contribution in [2.24, 2.45) is 0 Å². The van der Waals surface area contributed by atoms with E-state index in [-0.39, 0.29) is 5.82 Å². The number of carboxylic acids is 1. The summed E-state index contributed by atoms with van der Waals surface area (Å²) < 4.78 is 56.9. The van der Waals surface area contributed by atoms with Gasteiger partial charge in [-0.15, -0.1) is 5.10 Å². The molecule has 2 aromatic heterocycles. The SMILES string of the molecule is CCOc1nn(-c2ccc(C(F)(F)F)cn2)cc1CCCOc1cc(OC(C)(C)C(=O)O)ccc1C. The van der Waals surface area contributed by atoms with Crippen LogP contribution in [0, 0.1) is 6.92 Å². The number of aryl methyl sites for hydroxylation is 2. The van der Waals surface area contributed by atoms with Gasteiger partial charge in [-0.2, -0.15) is 13.2 Å². The highest BCUT2D eigenvalue weighted by Gasteiger charge is 2.31. The average Bonchev–Trinajstić information content (AvgIpc) is 3.21. The molecule has 0 atom stereocenters. The van der Waals surface area contributed by atoms with Crippen molar-refractivity contribution in [3.05, 3.63) is 59.4 Å². The molecule has 0 bridgehead atoms. The molecule has 0 aliphatic heterocycles. The minimum Gasteiger partial charge on any atom is -0.493 e. The number of hydrogen-bond acceptors (Lipinski definition) is 6. The summed E-state index contributed by atoms with van der Waals surface area (Å²) >= 11 is 0. The number of alkyl halides is 3. The van der Waals surface area contributed by atoms with E-state index in [1.54, 1.807) is 24.4 Å². The average molecular weight is 508 g/mol. The van der Waals surface area contributed by atoms with Crippen molar-refractivity contribution in [3.8, 4) is 23.2 Å². The molecule has 0 unspecified atom stereocenters. The third kappa shape index (κ3) is 6.67. The number of ether oxygens (including phenoxy) is 3. The Labute approximate surface area is 206 Å². The van der Waals surface area contributed by atoms with Gasteiger partial charge >= 0.3 is 12.1 Å². The van der Waals surface area contributed by atoms with Gasteiger partial charge in [0.2, 0.25) is 5.88 Å². The number of halogens is 3. The van der Waals surface area contributed by atoms with Crippen LogP contribution in [0.5, 0.6) is 17.4 Å². The van der Waals surface area contributed by atoms with Gasteiger partial charge in [0.25, 0.3) is 0 Å². The van der Waals surface area contributed by atoms with Gasteiger partial charge in [-0.25, -0.2) is 14.5 Å². The van der Waals surface area contributed by atoms with E-state index in [2.05, 4.69) is 10.1 Å². The van der Waals surface area contributed by atoms with Crippen LogP contribution in [0.15, 0.2) is 42.7 Å². The maximum atomic E-state index is 12.8. The Morgan fingerprint density at radius 1 is 1.14 bits per heavy atom. The van der Waals surface area contributed by atoms with Crippen LogP contribution in [0.4, 0.5) is 13.2 Å². The van der Waals surface area contributed by atoms with Crippen molar-refractivity contribution in [1.29, 1.82) is 0 Å². The number of hydrogen-bond donors (Lipinski definition) is 1. The van der Waals surface area contributed by atoms with Crippen LogP contribution in [0.1, 0.15) is 43.9 Å². The normalized spacial score (nSPS) is 11.9. The molecule has 0 radical (unpaired) electrons. The number of aromatic nitrogens is 3. The third-order valence-corrected chi connectivity index (χ3v) is 5.24. The van der Waals surface area contributed by atoms with Crippen molar-refractivity contribution >= 4 is 5.97 Å². The van der Waals surface area contributed by atoms with Crippen molar-refractivity contribution in [3.63, 3.8) is 0 Å². The molecule has 0 aliphatic rings. The first kappa shape index (κ1) is 26.8. The van der Waals surface area contributed by atoms with Gasteiger partial charge in [0.15, 0.2) is 11.4 Å². The molecule has 36 heavy (non-hydrogen) atoms. The molecule has 0 amide bonds. The number of pyridine rings is 1. The molecule has 0 saturated heterocycles. The molecule has 1 N–H and O–H groups in total. The highest BCUT2D eigenvalue weighted by Crippen LogP contribution is 2.30. The number of carbonyl (C=O) groups is 1. The summed E-state index contributed by atoms with van der Waals surface area (Å²) in [6, 6.07) is 7.33. The van der Waals surface area contributed by atoms with E-state index in [9.17, 15) is 23.1 Å². The van der Waals surface area contributed by atoms with Gasteiger partial charge in [-0.05, 0) is 64.3 Å². The standard InChI is InChI=1S/C25H28F3N3O5/c1-5-34-22-17(15-31(30-22)21-11-9-18(14-29-21)25(26,27)28)7-6-12-35-20-13-19(10-8-16(20)2)36-24(3,4)23(32)33/h8-11,13-15H,5-7,12H2,1-4H3,(H,32,33). The van der Waals surface area contributed by atoms with Crippen LogP contribution in [-0.2, 0) is 17.4 Å². The zero-order chi connectivity index (χ0) is 26.5. The van der Waals surface area contributed by atoms with E-state index in [4.69, 9.17) is 14.2 Å². The Morgan fingerprint density at radius 2 is 1.89 bits per heavy atom. The summed E-state index contributed by atoms with van der Waals surface area (Å²) in [5.41, 5.74) is -0.590. The van der Waals surface area contributed by atoms with E-state index in [1.807, 2.05) is 13.8 Å². The lowest BCUT2D eigenvalue weighted by molar-refractivity contribution is -0.152. The first-order chi connectivity index (χ1) is 16.9. The molecule has 2 heterocycles. The summed E-state index contributed by atoms with van der Waals surface area (Å²) in [6.07, 6.45) is -0.890. The lowest BCUT2D eigenvalue weighted by Crippen LogP contribution is -2.37. The van der Waals surface area contributed by atoms with Crippen LogP contribution >= 0.6 is 0 Å². The number of carboxylic acid groups (broad SMARTS) is 1. The fourth-order valence-corrected chi connectivity index (χ4v) is 3.21. The van der Waals surface area contributed by atoms with Crippen LogP contribution in [0.2, 0.25) is 0 Å². The highest BCUT2D eigenvalue weighted by atomic mass is 19.4. The Hall–Kier alpha value is -3.76. The smallest absolute Gasteiger partial charge is 0.417 e. The fourth-order valence-electron chi connectivity index (χ4n) is 3.21. The fraction of sp³-hybridized carbons (Fsp3) is 0.400. The predicted molar refractivity (Wildman–Crippen MR) is 125 cm³/mol. The lowest BCUT2D eigenvalue weighted by Gasteiger charge is -2.22. The number of aliphatic carboxylic acids is 1. The zero-order valence-electron chi connectivity index (χ0n) is 20.4. The Balaban J connectivity index is 1.65. The first-order valence-corrected chi connectivity index (χ1v) is 11.3. The largest absolute Gasteiger partial charge is 0.493 e. The zero-order valence-corrected chi connectivity index (χ0v) is 20.4. The van der Waals surface area contributed by atoms with Crippen molar-refractivity contribution in [1.82, 2.24) is 14.8 Å². The highest BCUT2D eigenvalue weighted by molar-refractivity contribution is 5.76. The Kier molecular flexibility index (Phi) is 8.11. The lowest BCUT2D eigenvalue weighted by atomic mass is 10.1. The molecule has 194 valence electrons. The van der Waals surface area contributed by atoms with Gasteiger partial charge in [0.1, 0.15) is 11.5 Å². The number of nitrogens with zero attached hydrogens (tertiary/aromatic N) is 3. The van der Waals surface area contributed by atoms with Crippen LogP contribution in [0.25, 0.3) is 5.82 Å². The summed E-state index contributed by atoms with van der Waals surface area (Å²) in [5, 5.41) is 13.6. The predicted octanol–water partition coefficient (Wildman–Crippen LogP) is 5.25. The molecule has 11 heteroatoms. The molecular formula is C25H28F3N3O5. The quantitative estimate of drug-likeness (QED) is 0.354. The van der Waals surface area contributed by atoms with Crippen LogP contribution in [-0.4, -0.2) is 44.7 Å². The van der Waals surface area contributed by atoms with Crippen LogP contribution in [0.3, 0.4) is 0 Å². The Morgan fingerprint density at radius 3 is 2.50 bits per heavy atom. The van der Waals surface area contributed by atoms with Crippen molar-refractivity contribution in [2.75, 3.05) is 13.2 Å². The third-order valence-electron chi connectivity index (χ3n) is 5.24. The minimum atomic E-state index is -4.46. The molecule has 0 aliphatic carbocycles. The van der Waals surface area contributed by atoms with E-state index >= 15 is 0 Å². The minimum absolute atomic E-state index is 0.239. The molecule has 8 nitrogen and oxygen atoms in total. The second-order valence-electron chi connectivity index (χ2n) is 8.54. The van der Waals surface area contributed by atoms with E-state index < -0.39 is 23.3 Å². The monoisotopic (exact) mass is 507 g/mol. The molecular weight excluding hydrogens is 479 g/mol. The molecule has 3 rings (SSSR count). The maximum Gasteiger partial charge on any atom is 0.417 e. The van der Waals surface area contributed by atoms with E-state index in [0.29, 0.717) is 43.4 Å². The van der Waals surface area contributed by atoms with Gasteiger partial charge in [-0.3, -0.25) is 0 Å². The number of benzene rings is 1. The molecule has 3 aromatic rings. The molecule has 0 saturated carbocycles. The summed E-state index contributed by atoms with van der Waals surface area (Å²) in [5.74, 6) is 0.489. The van der Waals surface area contributed by atoms with Gasteiger partial charge in [0, 0.05) is 24.0 Å². The molecule has 1 aromatic carbocycles. The molecule has 0 spiro atoms. The van der Waals surface area contributed by atoms with Gasteiger partial charge in [-0.1, -0.05) is 6.07 Å². The topological polar surface area (TPSA) is 95.7 Å². The van der Waals surface area contributed by atoms with Crippen molar-refractivity contribution in [2.45, 2.75) is 52.3 Å².